The zero-order valence-corrected chi connectivity index (χ0v) is 20.1. The first-order valence-electron chi connectivity index (χ1n) is 11.4. The van der Waals surface area contributed by atoms with Crippen molar-refractivity contribution in [3.63, 3.8) is 0 Å². The molecule has 36 heavy (non-hydrogen) atoms. The van der Waals surface area contributed by atoms with Crippen molar-refractivity contribution in [2.24, 2.45) is 0 Å². The number of benzene rings is 2. The minimum atomic E-state index is -4.89. The van der Waals surface area contributed by atoms with Gasteiger partial charge in [-0.3, -0.25) is 4.79 Å². The number of fused-ring (bicyclic) bond motifs is 1. The molecule has 0 aliphatic heterocycles. The highest BCUT2D eigenvalue weighted by molar-refractivity contribution is 6.10. The summed E-state index contributed by atoms with van der Waals surface area (Å²) in [6, 6.07) is 6.86. The number of alkyl halides is 3. The lowest BCUT2D eigenvalue weighted by Crippen LogP contribution is -2.33. The minimum absolute atomic E-state index is 0.0442. The van der Waals surface area contributed by atoms with Crippen LogP contribution in [0.3, 0.4) is 0 Å². The van der Waals surface area contributed by atoms with E-state index in [-0.39, 0.29) is 17.0 Å². The molecule has 0 bridgehead atoms. The van der Waals surface area contributed by atoms with E-state index in [2.05, 4.69) is 5.32 Å². The predicted molar refractivity (Wildman–Crippen MR) is 127 cm³/mol. The lowest BCUT2D eigenvalue weighted by atomic mass is 10.1. The van der Waals surface area contributed by atoms with Crippen LogP contribution in [-0.2, 0) is 17.5 Å². The van der Waals surface area contributed by atoms with Crippen LogP contribution >= 0.6 is 0 Å². The molecule has 0 saturated carbocycles. The summed E-state index contributed by atoms with van der Waals surface area (Å²) in [5.41, 5.74) is -0.963. The lowest BCUT2D eigenvalue weighted by Gasteiger charge is -2.20. The van der Waals surface area contributed by atoms with E-state index in [1.54, 1.807) is 32.2 Å². The summed E-state index contributed by atoms with van der Waals surface area (Å²) in [5.74, 6) is -2.39. The molecule has 11 heteroatoms. The monoisotopic (exact) mass is 509 g/mol. The van der Waals surface area contributed by atoms with Gasteiger partial charge in [-0.05, 0) is 57.2 Å². The molecule has 2 aromatic carbocycles. The molecule has 0 atom stereocenters. The largest absolute Gasteiger partial charge is 0.419 e. The Morgan fingerprint density at radius 1 is 1.06 bits per heavy atom. The van der Waals surface area contributed by atoms with Crippen LogP contribution in [0.4, 0.5) is 28.0 Å². The molecule has 194 valence electrons. The number of aromatic nitrogens is 1. The third kappa shape index (κ3) is 5.96. The van der Waals surface area contributed by atoms with E-state index >= 15 is 0 Å². The normalized spacial score (nSPS) is 11.5. The second-order valence-corrected chi connectivity index (χ2v) is 7.76. The summed E-state index contributed by atoms with van der Waals surface area (Å²) >= 11 is 0. The van der Waals surface area contributed by atoms with Crippen LogP contribution in [0.15, 0.2) is 42.6 Å². The second-order valence-electron chi connectivity index (χ2n) is 7.76. The van der Waals surface area contributed by atoms with Crippen molar-refractivity contribution < 1.29 is 36.6 Å². The fourth-order valence-corrected chi connectivity index (χ4v) is 3.68. The van der Waals surface area contributed by atoms with Gasteiger partial charge >= 0.3 is 12.3 Å². The molecular formula is C25H27F4N3O4. The fraction of sp³-hybridized carbons (Fsp3) is 0.360. The van der Waals surface area contributed by atoms with E-state index in [1.807, 2.05) is 11.5 Å². The first-order valence-corrected chi connectivity index (χ1v) is 11.4. The number of anilines is 1. The maximum atomic E-state index is 14.1. The molecule has 2 amide bonds. The number of carbonyl (C=O) groups excluding carboxylic acids is 2. The van der Waals surface area contributed by atoms with Gasteiger partial charge in [-0.15, -0.1) is 0 Å². The van der Waals surface area contributed by atoms with Crippen LogP contribution < -0.4 is 10.1 Å². The molecule has 0 aliphatic carbocycles. The lowest BCUT2D eigenvalue weighted by molar-refractivity contribution is -0.140. The molecule has 3 rings (SSSR count). The van der Waals surface area contributed by atoms with Crippen molar-refractivity contribution in [3.8, 4) is 5.75 Å². The van der Waals surface area contributed by atoms with Gasteiger partial charge in [0.25, 0.3) is 5.91 Å². The van der Waals surface area contributed by atoms with Crippen LogP contribution in [0.5, 0.6) is 5.75 Å². The molecule has 0 fully saturated rings. The van der Waals surface area contributed by atoms with Crippen molar-refractivity contribution >= 4 is 28.6 Å². The smallest absolute Gasteiger partial charge is 0.408 e. The van der Waals surface area contributed by atoms with E-state index < -0.39 is 29.6 Å². The molecule has 1 N–H and O–H groups in total. The number of amides is 2. The van der Waals surface area contributed by atoms with Crippen LogP contribution in [0.1, 0.15) is 36.7 Å². The number of nitrogens with one attached hydrogen (secondary N) is 1. The van der Waals surface area contributed by atoms with Gasteiger partial charge in [-0.1, -0.05) is 0 Å². The Morgan fingerprint density at radius 3 is 2.39 bits per heavy atom. The van der Waals surface area contributed by atoms with E-state index in [0.29, 0.717) is 55.9 Å². The van der Waals surface area contributed by atoms with Gasteiger partial charge in [0.05, 0.1) is 23.4 Å². The highest BCUT2D eigenvalue weighted by Gasteiger charge is 2.34. The first-order chi connectivity index (χ1) is 17.1. The van der Waals surface area contributed by atoms with Crippen molar-refractivity contribution in [1.82, 2.24) is 9.47 Å². The number of hydrogen-bond donors (Lipinski definition) is 1. The van der Waals surface area contributed by atoms with Gasteiger partial charge in [0.1, 0.15) is 5.82 Å². The summed E-state index contributed by atoms with van der Waals surface area (Å²) in [4.78, 5) is 27.0. The number of rotatable bonds is 9. The van der Waals surface area contributed by atoms with E-state index in [1.165, 1.54) is 11.0 Å². The zero-order chi connectivity index (χ0) is 26.5. The number of nitrogens with zero attached hydrogens (tertiary/aromatic N) is 2. The minimum Gasteiger partial charge on any atom is -0.408 e. The maximum absolute atomic E-state index is 14.1. The van der Waals surface area contributed by atoms with Crippen LogP contribution in [0, 0.1) is 5.82 Å². The number of ether oxygens (including phenoxy) is 2. The van der Waals surface area contributed by atoms with Gasteiger partial charge in [-0.2, -0.15) is 13.2 Å². The molecule has 0 spiro atoms. The summed E-state index contributed by atoms with van der Waals surface area (Å²) in [7, 11) is 0. The molecule has 3 aromatic rings. The Balaban J connectivity index is 2.00. The van der Waals surface area contributed by atoms with Crippen molar-refractivity contribution in [2.75, 3.05) is 31.6 Å². The average molecular weight is 510 g/mol. The molecule has 0 saturated heterocycles. The fourth-order valence-electron chi connectivity index (χ4n) is 3.68. The van der Waals surface area contributed by atoms with Gasteiger partial charge in [-0.25, -0.2) is 9.18 Å². The molecule has 0 unspecified atom stereocenters. The van der Waals surface area contributed by atoms with E-state index in [0.717, 1.165) is 6.07 Å². The zero-order valence-electron chi connectivity index (χ0n) is 20.1. The molecule has 7 nitrogen and oxygen atoms in total. The number of halogens is 4. The van der Waals surface area contributed by atoms with Gasteiger partial charge in [0.15, 0.2) is 5.75 Å². The average Bonchev–Trinajstić information content (AvgIpc) is 3.23. The molecule has 0 radical (unpaired) electrons. The molecule has 0 aliphatic rings. The Morgan fingerprint density at radius 2 is 1.78 bits per heavy atom. The van der Waals surface area contributed by atoms with Crippen LogP contribution in [0.25, 0.3) is 10.9 Å². The Bertz CT molecular complexity index is 1240. The van der Waals surface area contributed by atoms with E-state index in [9.17, 15) is 27.2 Å². The molecule has 1 aromatic heterocycles. The van der Waals surface area contributed by atoms with Gasteiger partial charge in [0, 0.05) is 43.4 Å². The SMILES string of the molecule is CCOCCn1ccc2c(NC(=O)c3ccc(C(F)(F)F)c(F)c3)c(OC(=O)N(CC)CC)ccc21. The Kier molecular flexibility index (Phi) is 8.57. The van der Waals surface area contributed by atoms with Crippen molar-refractivity contribution in [1.29, 1.82) is 0 Å². The Hall–Kier alpha value is -3.60. The predicted octanol–water partition coefficient (Wildman–Crippen LogP) is 5.93. The van der Waals surface area contributed by atoms with Gasteiger partial charge < -0.3 is 24.3 Å². The van der Waals surface area contributed by atoms with Crippen molar-refractivity contribution in [3.05, 3.63) is 59.5 Å². The third-order valence-corrected chi connectivity index (χ3v) is 5.59. The van der Waals surface area contributed by atoms with Crippen molar-refractivity contribution in [2.45, 2.75) is 33.5 Å². The standard InChI is InChI=1S/C25H27F4N3O4/c1-4-31(5-2)24(34)36-21-10-9-20-17(11-12-32(20)13-14-35-6-3)22(21)30-23(33)16-7-8-18(19(26)15-16)25(27,28)29/h7-12,15H,4-6,13-14H2,1-3H3,(H,30,33). The molecular weight excluding hydrogens is 482 g/mol. The summed E-state index contributed by atoms with van der Waals surface area (Å²) in [6.45, 7) is 7.77. The first kappa shape index (κ1) is 27.0. The second kappa shape index (κ2) is 11.4. The third-order valence-electron chi connectivity index (χ3n) is 5.59. The number of carbonyl (C=O) groups is 2. The quantitative estimate of drug-likeness (QED) is 0.287. The summed E-state index contributed by atoms with van der Waals surface area (Å²) < 4.78 is 65.6. The maximum Gasteiger partial charge on any atom is 0.419 e. The summed E-state index contributed by atoms with van der Waals surface area (Å²) in [6.07, 6.45) is -3.75. The van der Waals surface area contributed by atoms with Gasteiger partial charge in [0.2, 0.25) is 0 Å². The topological polar surface area (TPSA) is 72.8 Å². The van der Waals surface area contributed by atoms with Crippen LogP contribution in [-0.4, -0.2) is 47.8 Å². The highest BCUT2D eigenvalue weighted by atomic mass is 19.4. The highest BCUT2D eigenvalue weighted by Crippen LogP contribution is 2.36. The Labute approximate surface area is 205 Å². The molecule has 1 heterocycles. The van der Waals surface area contributed by atoms with E-state index in [4.69, 9.17) is 9.47 Å². The van der Waals surface area contributed by atoms with Crippen LogP contribution in [0.2, 0.25) is 0 Å². The summed E-state index contributed by atoms with van der Waals surface area (Å²) in [5, 5.41) is 3.11. The number of hydrogen-bond acceptors (Lipinski definition) is 4.